The Morgan fingerprint density at radius 2 is 1.74 bits per heavy atom. The lowest BCUT2D eigenvalue weighted by Crippen LogP contribution is -2.59. The van der Waals surface area contributed by atoms with E-state index in [0.717, 1.165) is 17.5 Å². The number of aryl methyl sites for hydroxylation is 1. The summed E-state index contributed by atoms with van der Waals surface area (Å²) in [7, 11) is 6.78. The fourth-order valence-corrected chi connectivity index (χ4v) is 5.49. The molecule has 0 unspecified atom stereocenters. The molecule has 0 radical (unpaired) electrons. The molecule has 0 aromatic heterocycles. The quantitative estimate of drug-likeness (QED) is 0.315. The second-order valence-corrected chi connectivity index (χ2v) is 13.1. The van der Waals surface area contributed by atoms with Crippen LogP contribution in [0.5, 0.6) is 0 Å². The normalized spacial score (nSPS) is 18.1. The molecule has 0 bridgehead atoms. The summed E-state index contributed by atoms with van der Waals surface area (Å²) in [5.74, 6) is -1.10. The maximum absolute atomic E-state index is 14.1. The number of hydrogen-bond acceptors (Lipinski definition) is 6. The average Bonchev–Trinajstić information content (AvgIpc) is 3.41. The fraction of sp³-hybridized carbons (Fsp3) is 0.636. The van der Waals surface area contributed by atoms with Crippen LogP contribution in [-0.4, -0.2) is 97.4 Å². The molecule has 1 saturated heterocycles. The molecule has 9 nitrogen and oxygen atoms in total. The number of carbonyl (C=O) groups is 4. The largest absolute Gasteiger partial charge is 0.467 e. The van der Waals surface area contributed by atoms with E-state index in [2.05, 4.69) is 5.32 Å². The lowest BCUT2D eigenvalue weighted by Gasteiger charge is -2.38. The van der Waals surface area contributed by atoms with E-state index < -0.39 is 35.6 Å². The van der Waals surface area contributed by atoms with Gasteiger partial charge in [-0.1, -0.05) is 65.0 Å². The molecule has 1 aromatic rings. The van der Waals surface area contributed by atoms with Crippen LogP contribution in [0.3, 0.4) is 0 Å². The van der Waals surface area contributed by atoms with Crippen molar-refractivity contribution >= 4 is 23.7 Å². The van der Waals surface area contributed by atoms with Crippen molar-refractivity contribution in [2.75, 3.05) is 34.8 Å². The molecule has 1 aromatic carbocycles. The van der Waals surface area contributed by atoms with E-state index in [1.807, 2.05) is 84.8 Å². The zero-order chi connectivity index (χ0) is 31.9. The molecule has 234 valence electrons. The van der Waals surface area contributed by atoms with Gasteiger partial charge in [-0.3, -0.25) is 19.3 Å². The summed E-state index contributed by atoms with van der Waals surface area (Å²) in [5, 5.41) is 3.08. The number of carbonyl (C=O) groups excluding carboxylic acids is 4. The summed E-state index contributed by atoms with van der Waals surface area (Å²) in [5.41, 5.74) is 2.09. The standard InChI is InChI=1S/C33H52N4O5/c1-21(2)26(19-23(4)30(39)37-18-14-17-25(37)32(41)42-11)36(10)31(40)28(33(5,6)7)34-29(38)27(35(8)9)20-24-16-13-12-15-22(24)3/h12-13,15-16,19,21,25-28H,14,17-18,20H2,1-11H3,(H,34,38)/b23-19+/t25-,26+,27-,28+/m0/s1. The third-order valence-corrected chi connectivity index (χ3v) is 8.22. The number of likely N-dealkylation sites (tertiary alicyclic amines) is 1. The summed E-state index contributed by atoms with van der Waals surface area (Å²) in [6.07, 6.45) is 3.63. The van der Waals surface area contributed by atoms with Crippen molar-refractivity contribution < 1.29 is 23.9 Å². The minimum Gasteiger partial charge on any atom is -0.467 e. The lowest BCUT2D eigenvalue weighted by molar-refractivity contribution is -0.149. The average molecular weight is 585 g/mol. The van der Waals surface area contributed by atoms with Gasteiger partial charge in [-0.15, -0.1) is 0 Å². The SMILES string of the molecule is COC(=O)[C@@H]1CCCN1C(=O)/C(C)=C/[C@H](C(C)C)N(C)C(=O)[C@@H](NC(=O)[C@H](Cc1ccccc1C)N(C)C)C(C)(C)C. The number of hydrogen-bond donors (Lipinski definition) is 1. The van der Waals surface area contributed by atoms with Gasteiger partial charge in [-0.25, -0.2) is 4.79 Å². The number of nitrogens with one attached hydrogen (secondary N) is 1. The van der Waals surface area contributed by atoms with E-state index in [1.165, 1.54) is 7.11 Å². The van der Waals surface area contributed by atoms with Gasteiger partial charge in [-0.05, 0) is 69.7 Å². The van der Waals surface area contributed by atoms with E-state index in [4.69, 9.17) is 4.74 Å². The molecule has 0 saturated carbocycles. The molecule has 4 atom stereocenters. The van der Waals surface area contributed by atoms with E-state index in [-0.39, 0.29) is 23.6 Å². The third-order valence-electron chi connectivity index (χ3n) is 8.22. The minimum absolute atomic E-state index is 0.0106. The maximum atomic E-state index is 14.1. The van der Waals surface area contributed by atoms with Crippen molar-refractivity contribution in [2.24, 2.45) is 11.3 Å². The molecule has 2 rings (SSSR count). The Kier molecular flexibility index (Phi) is 12.3. The molecular formula is C33H52N4O5. The number of benzene rings is 1. The second-order valence-electron chi connectivity index (χ2n) is 13.1. The van der Waals surface area contributed by atoms with Crippen LogP contribution in [0, 0.1) is 18.3 Å². The van der Waals surface area contributed by atoms with Crippen LogP contribution in [0.15, 0.2) is 35.9 Å². The van der Waals surface area contributed by atoms with Gasteiger partial charge in [0, 0.05) is 19.2 Å². The Bertz CT molecular complexity index is 1150. The number of nitrogens with zero attached hydrogens (tertiary/aromatic N) is 3. The van der Waals surface area contributed by atoms with Crippen LogP contribution >= 0.6 is 0 Å². The van der Waals surface area contributed by atoms with Gasteiger partial charge in [0.05, 0.1) is 19.2 Å². The van der Waals surface area contributed by atoms with Crippen molar-refractivity contribution in [3.63, 3.8) is 0 Å². The van der Waals surface area contributed by atoms with Crippen LogP contribution < -0.4 is 5.32 Å². The number of likely N-dealkylation sites (N-methyl/N-ethyl adjacent to an activating group) is 2. The highest BCUT2D eigenvalue weighted by atomic mass is 16.5. The van der Waals surface area contributed by atoms with Gasteiger partial charge >= 0.3 is 5.97 Å². The summed E-state index contributed by atoms with van der Waals surface area (Å²) >= 11 is 0. The number of amides is 3. The first kappa shape index (κ1) is 35.0. The zero-order valence-electron chi connectivity index (χ0n) is 27.5. The molecule has 1 fully saturated rings. The van der Waals surface area contributed by atoms with E-state index in [0.29, 0.717) is 25.0 Å². The highest BCUT2D eigenvalue weighted by Gasteiger charge is 2.39. The number of methoxy groups -OCH3 is 1. The van der Waals surface area contributed by atoms with E-state index >= 15 is 0 Å². The lowest BCUT2D eigenvalue weighted by atomic mass is 9.84. The van der Waals surface area contributed by atoms with Gasteiger partial charge in [0.1, 0.15) is 12.1 Å². The summed E-state index contributed by atoms with van der Waals surface area (Å²) in [6.45, 7) is 14.0. The molecule has 1 aliphatic rings. The second kappa shape index (κ2) is 14.8. The molecule has 0 spiro atoms. The highest BCUT2D eigenvalue weighted by molar-refractivity contribution is 5.96. The summed E-state index contributed by atoms with van der Waals surface area (Å²) < 4.78 is 4.90. The van der Waals surface area contributed by atoms with Gasteiger partial charge in [0.2, 0.25) is 17.7 Å². The van der Waals surface area contributed by atoms with Crippen LogP contribution in [0.4, 0.5) is 0 Å². The van der Waals surface area contributed by atoms with Crippen LogP contribution in [0.2, 0.25) is 0 Å². The van der Waals surface area contributed by atoms with E-state index in [9.17, 15) is 19.2 Å². The van der Waals surface area contributed by atoms with E-state index in [1.54, 1.807) is 29.8 Å². The molecule has 1 N–H and O–H groups in total. The number of esters is 1. The van der Waals surface area contributed by atoms with Crippen molar-refractivity contribution in [1.82, 2.24) is 20.0 Å². The topological polar surface area (TPSA) is 99.3 Å². The van der Waals surface area contributed by atoms with Gasteiger partial charge in [0.25, 0.3) is 0 Å². The smallest absolute Gasteiger partial charge is 0.328 e. The highest BCUT2D eigenvalue weighted by Crippen LogP contribution is 2.26. The first-order valence-electron chi connectivity index (χ1n) is 14.9. The Hall–Kier alpha value is -3.20. The Labute approximate surface area is 252 Å². The molecule has 0 aliphatic carbocycles. The monoisotopic (exact) mass is 584 g/mol. The predicted molar refractivity (Wildman–Crippen MR) is 166 cm³/mol. The summed E-state index contributed by atoms with van der Waals surface area (Å²) in [4.78, 5) is 58.4. The minimum atomic E-state index is -0.790. The Balaban J connectivity index is 2.31. The molecule has 9 heteroatoms. The van der Waals surface area contributed by atoms with Crippen molar-refractivity contribution in [1.29, 1.82) is 0 Å². The molecular weight excluding hydrogens is 532 g/mol. The van der Waals surface area contributed by atoms with Crippen LogP contribution in [-0.2, 0) is 30.3 Å². The first-order chi connectivity index (χ1) is 19.5. The van der Waals surface area contributed by atoms with Crippen LogP contribution in [0.1, 0.15) is 65.5 Å². The molecule has 42 heavy (non-hydrogen) atoms. The summed E-state index contributed by atoms with van der Waals surface area (Å²) in [6, 6.07) is 5.76. The van der Waals surface area contributed by atoms with Gasteiger partial charge < -0.3 is 19.9 Å². The Morgan fingerprint density at radius 3 is 2.26 bits per heavy atom. The van der Waals surface area contributed by atoms with Crippen molar-refractivity contribution in [2.45, 2.75) is 91.9 Å². The molecule has 1 aliphatic heterocycles. The van der Waals surface area contributed by atoms with Crippen LogP contribution in [0.25, 0.3) is 0 Å². The maximum Gasteiger partial charge on any atom is 0.328 e. The number of rotatable bonds is 11. The number of ether oxygens (including phenoxy) is 1. The Morgan fingerprint density at radius 1 is 1.12 bits per heavy atom. The predicted octanol–water partition coefficient (Wildman–Crippen LogP) is 3.59. The zero-order valence-corrected chi connectivity index (χ0v) is 27.5. The van der Waals surface area contributed by atoms with Crippen molar-refractivity contribution in [3.8, 4) is 0 Å². The van der Waals surface area contributed by atoms with Gasteiger partial charge in [-0.2, -0.15) is 0 Å². The first-order valence-corrected chi connectivity index (χ1v) is 14.9. The molecule has 3 amide bonds. The fourth-order valence-electron chi connectivity index (χ4n) is 5.49. The van der Waals surface area contributed by atoms with Crippen molar-refractivity contribution in [3.05, 3.63) is 47.0 Å². The third kappa shape index (κ3) is 8.66. The van der Waals surface area contributed by atoms with Gasteiger partial charge in [0.15, 0.2) is 0 Å². The molecule has 1 heterocycles.